The molecule has 0 aliphatic heterocycles. The monoisotopic (exact) mass is 321 g/mol. The number of ether oxygens (including phenoxy) is 2. The van der Waals surface area contributed by atoms with Gasteiger partial charge in [0.2, 0.25) is 0 Å². The molecule has 0 atom stereocenters. The van der Waals surface area contributed by atoms with Gasteiger partial charge in [-0.2, -0.15) is 0 Å². The van der Waals surface area contributed by atoms with E-state index in [0.717, 1.165) is 15.8 Å². The normalized spacial score (nSPS) is 10.3. The predicted molar refractivity (Wildman–Crippen MR) is 80.6 cm³/mol. The lowest BCUT2D eigenvalue weighted by Crippen LogP contribution is -1.99. The summed E-state index contributed by atoms with van der Waals surface area (Å²) < 4.78 is 11.8. The van der Waals surface area contributed by atoms with Crippen molar-refractivity contribution in [2.45, 2.75) is 13.5 Å². The van der Waals surface area contributed by atoms with Gasteiger partial charge in [-0.25, -0.2) is 0 Å². The Bertz CT molecular complexity index is 584. The molecule has 0 saturated carbocycles. The Morgan fingerprint density at radius 2 is 1.84 bits per heavy atom. The van der Waals surface area contributed by atoms with Crippen molar-refractivity contribution in [2.24, 2.45) is 0 Å². The molecule has 0 aliphatic carbocycles. The molecule has 0 fully saturated rings. The quantitative estimate of drug-likeness (QED) is 0.868. The molecule has 2 N–H and O–H groups in total. The highest BCUT2D eigenvalue weighted by Crippen LogP contribution is 2.27. The summed E-state index contributed by atoms with van der Waals surface area (Å²) in [7, 11) is 1.60. The molecule has 0 saturated heterocycles. The molecular formula is C15H16BrNO2. The average Bonchev–Trinajstić information content (AvgIpc) is 2.38. The van der Waals surface area contributed by atoms with Crippen LogP contribution < -0.4 is 15.2 Å². The summed E-state index contributed by atoms with van der Waals surface area (Å²) in [6, 6.07) is 11.6. The van der Waals surface area contributed by atoms with Crippen LogP contribution in [-0.2, 0) is 6.61 Å². The van der Waals surface area contributed by atoms with Crippen LogP contribution in [0.15, 0.2) is 40.9 Å². The largest absolute Gasteiger partial charge is 0.495 e. The van der Waals surface area contributed by atoms with E-state index < -0.39 is 0 Å². The van der Waals surface area contributed by atoms with E-state index in [9.17, 15) is 0 Å². The van der Waals surface area contributed by atoms with Gasteiger partial charge in [-0.15, -0.1) is 0 Å². The van der Waals surface area contributed by atoms with E-state index in [1.165, 1.54) is 5.56 Å². The highest BCUT2D eigenvalue weighted by Gasteiger charge is 2.04. The Morgan fingerprint density at radius 1 is 1.11 bits per heavy atom. The van der Waals surface area contributed by atoms with Crippen LogP contribution in [0.2, 0.25) is 0 Å². The van der Waals surface area contributed by atoms with Gasteiger partial charge in [0.05, 0.1) is 17.3 Å². The number of aryl methyl sites for hydroxylation is 1. The fourth-order valence-corrected chi connectivity index (χ4v) is 2.37. The standard InChI is InChI=1S/C15H16BrNO2/c1-10-3-5-14(12(16)7-10)19-9-11-4-6-15(18-2)13(17)8-11/h3-8H,9,17H2,1-2H3. The Labute approximate surface area is 121 Å². The third-order valence-electron chi connectivity index (χ3n) is 2.78. The zero-order valence-corrected chi connectivity index (χ0v) is 12.5. The number of nitrogen functional groups attached to an aromatic ring is 1. The Morgan fingerprint density at radius 3 is 2.47 bits per heavy atom. The van der Waals surface area contributed by atoms with Crippen LogP contribution >= 0.6 is 15.9 Å². The number of nitrogens with two attached hydrogens (primary N) is 1. The summed E-state index contributed by atoms with van der Waals surface area (Å²) in [4.78, 5) is 0. The third kappa shape index (κ3) is 3.41. The Hall–Kier alpha value is -1.68. The lowest BCUT2D eigenvalue weighted by atomic mass is 10.2. The minimum absolute atomic E-state index is 0.468. The first-order chi connectivity index (χ1) is 9.10. The van der Waals surface area contributed by atoms with Gasteiger partial charge >= 0.3 is 0 Å². The van der Waals surface area contributed by atoms with Gasteiger partial charge in [0.15, 0.2) is 0 Å². The van der Waals surface area contributed by atoms with Crippen molar-refractivity contribution < 1.29 is 9.47 Å². The summed E-state index contributed by atoms with van der Waals surface area (Å²) in [5.74, 6) is 1.50. The molecule has 0 amide bonds. The van der Waals surface area contributed by atoms with Crippen LogP contribution in [0, 0.1) is 6.92 Å². The maximum Gasteiger partial charge on any atom is 0.141 e. The van der Waals surface area contributed by atoms with E-state index in [2.05, 4.69) is 15.9 Å². The molecule has 100 valence electrons. The molecule has 0 aromatic heterocycles. The number of anilines is 1. The first-order valence-electron chi connectivity index (χ1n) is 5.91. The molecule has 0 aliphatic rings. The molecule has 4 heteroatoms. The van der Waals surface area contributed by atoms with Gasteiger partial charge in [-0.3, -0.25) is 0 Å². The maximum atomic E-state index is 5.86. The molecule has 2 rings (SSSR count). The van der Waals surface area contributed by atoms with Gasteiger partial charge in [-0.05, 0) is 58.2 Å². The minimum Gasteiger partial charge on any atom is -0.495 e. The Balaban J connectivity index is 2.08. The highest BCUT2D eigenvalue weighted by molar-refractivity contribution is 9.10. The number of halogens is 1. The lowest BCUT2D eigenvalue weighted by Gasteiger charge is -2.10. The predicted octanol–water partition coefficient (Wildman–Crippen LogP) is 3.93. The molecule has 2 aromatic carbocycles. The first kappa shape index (κ1) is 13.7. The van der Waals surface area contributed by atoms with E-state index in [4.69, 9.17) is 15.2 Å². The van der Waals surface area contributed by atoms with E-state index in [-0.39, 0.29) is 0 Å². The Kier molecular flexibility index (Phi) is 4.32. The van der Waals surface area contributed by atoms with Gasteiger partial charge in [0, 0.05) is 0 Å². The molecule has 0 spiro atoms. The second-order valence-corrected chi connectivity index (χ2v) is 5.15. The van der Waals surface area contributed by atoms with E-state index in [1.807, 2.05) is 43.3 Å². The minimum atomic E-state index is 0.468. The second kappa shape index (κ2) is 5.97. The van der Waals surface area contributed by atoms with Crippen molar-refractivity contribution >= 4 is 21.6 Å². The lowest BCUT2D eigenvalue weighted by molar-refractivity contribution is 0.304. The zero-order valence-electron chi connectivity index (χ0n) is 10.9. The van der Waals surface area contributed by atoms with Crippen molar-refractivity contribution in [1.29, 1.82) is 0 Å². The van der Waals surface area contributed by atoms with Crippen molar-refractivity contribution in [2.75, 3.05) is 12.8 Å². The van der Waals surface area contributed by atoms with Crippen LogP contribution in [0.25, 0.3) is 0 Å². The van der Waals surface area contributed by atoms with E-state index in [0.29, 0.717) is 18.0 Å². The average molecular weight is 322 g/mol. The van der Waals surface area contributed by atoms with Crippen molar-refractivity contribution in [3.63, 3.8) is 0 Å². The van der Waals surface area contributed by atoms with Crippen LogP contribution in [0.5, 0.6) is 11.5 Å². The molecule has 2 aromatic rings. The topological polar surface area (TPSA) is 44.5 Å². The zero-order chi connectivity index (χ0) is 13.8. The van der Waals surface area contributed by atoms with Crippen LogP contribution in [-0.4, -0.2) is 7.11 Å². The van der Waals surface area contributed by atoms with E-state index in [1.54, 1.807) is 7.11 Å². The molecule has 0 radical (unpaired) electrons. The third-order valence-corrected chi connectivity index (χ3v) is 3.40. The molecule has 0 heterocycles. The molecule has 19 heavy (non-hydrogen) atoms. The highest BCUT2D eigenvalue weighted by atomic mass is 79.9. The van der Waals surface area contributed by atoms with Gasteiger partial charge < -0.3 is 15.2 Å². The first-order valence-corrected chi connectivity index (χ1v) is 6.71. The summed E-state index contributed by atoms with van der Waals surface area (Å²) in [6.45, 7) is 2.51. The van der Waals surface area contributed by atoms with Gasteiger partial charge in [0.1, 0.15) is 18.1 Å². The van der Waals surface area contributed by atoms with Crippen molar-refractivity contribution in [3.05, 3.63) is 52.0 Å². The van der Waals surface area contributed by atoms with Crippen molar-refractivity contribution in [1.82, 2.24) is 0 Å². The SMILES string of the molecule is COc1ccc(COc2ccc(C)cc2Br)cc1N. The summed E-state index contributed by atoms with van der Waals surface area (Å²) in [6.07, 6.45) is 0. The number of benzene rings is 2. The summed E-state index contributed by atoms with van der Waals surface area (Å²) in [5, 5.41) is 0. The molecular weight excluding hydrogens is 306 g/mol. The summed E-state index contributed by atoms with van der Waals surface area (Å²) >= 11 is 3.49. The van der Waals surface area contributed by atoms with Crippen LogP contribution in [0.3, 0.4) is 0 Å². The van der Waals surface area contributed by atoms with Crippen molar-refractivity contribution in [3.8, 4) is 11.5 Å². The molecule has 0 unspecified atom stereocenters. The second-order valence-electron chi connectivity index (χ2n) is 4.30. The smallest absolute Gasteiger partial charge is 0.141 e. The number of hydrogen-bond acceptors (Lipinski definition) is 3. The number of methoxy groups -OCH3 is 1. The van der Waals surface area contributed by atoms with Crippen LogP contribution in [0.1, 0.15) is 11.1 Å². The van der Waals surface area contributed by atoms with Gasteiger partial charge in [0.25, 0.3) is 0 Å². The fraction of sp³-hybridized carbons (Fsp3) is 0.200. The number of hydrogen-bond donors (Lipinski definition) is 1. The fourth-order valence-electron chi connectivity index (χ4n) is 1.76. The molecule has 0 bridgehead atoms. The maximum absolute atomic E-state index is 5.86. The van der Waals surface area contributed by atoms with Gasteiger partial charge in [-0.1, -0.05) is 12.1 Å². The summed E-state index contributed by atoms with van der Waals surface area (Å²) in [5.41, 5.74) is 8.67. The van der Waals surface area contributed by atoms with Crippen LogP contribution in [0.4, 0.5) is 5.69 Å². The van der Waals surface area contributed by atoms with E-state index >= 15 is 0 Å². The number of rotatable bonds is 4. The molecule has 3 nitrogen and oxygen atoms in total.